The van der Waals surface area contributed by atoms with Crippen LogP contribution in [0.5, 0.6) is 0 Å². The molecule has 200 valence electrons. The van der Waals surface area contributed by atoms with Crippen molar-refractivity contribution < 1.29 is 9.47 Å². The van der Waals surface area contributed by atoms with Gasteiger partial charge in [0.05, 0.1) is 0 Å². The van der Waals surface area contributed by atoms with Gasteiger partial charge in [0, 0.05) is 0 Å². The fourth-order valence-corrected chi connectivity index (χ4v) is 29.7. The van der Waals surface area contributed by atoms with Gasteiger partial charge in [0.1, 0.15) is 0 Å². The second-order valence-corrected chi connectivity index (χ2v) is 29.2. The molecule has 0 aliphatic carbocycles. The molecule has 4 heteroatoms. The van der Waals surface area contributed by atoms with E-state index in [-0.39, 0.29) is 6.29 Å². The third kappa shape index (κ3) is 11.0. The molecular formula is C31H56O2SiSn. The molecular weight excluding hydrogens is 551 g/mol. The van der Waals surface area contributed by atoms with Crippen LogP contribution < -0.4 is 5.19 Å². The van der Waals surface area contributed by atoms with Crippen LogP contribution in [0, 0.1) is 0 Å². The number of rotatable bonds is 18. The van der Waals surface area contributed by atoms with E-state index in [1.807, 2.05) is 3.59 Å². The first-order chi connectivity index (χ1) is 17.0. The molecule has 1 atom stereocenters. The Morgan fingerprint density at radius 1 is 0.914 bits per heavy atom. The van der Waals surface area contributed by atoms with E-state index in [2.05, 4.69) is 69.9 Å². The van der Waals surface area contributed by atoms with Crippen molar-refractivity contribution in [3.63, 3.8) is 0 Å². The molecule has 0 unspecified atom stereocenters. The molecule has 0 radical (unpaired) electrons. The third-order valence-electron chi connectivity index (χ3n) is 8.04. The molecule has 1 fully saturated rings. The van der Waals surface area contributed by atoms with Gasteiger partial charge in [0.25, 0.3) is 0 Å². The summed E-state index contributed by atoms with van der Waals surface area (Å²) in [4.78, 5) is 0. The summed E-state index contributed by atoms with van der Waals surface area (Å²) in [5, 5.41) is 1.59. The average Bonchev–Trinajstić information content (AvgIpc) is 2.89. The molecule has 35 heavy (non-hydrogen) atoms. The summed E-state index contributed by atoms with van der Waals surface area (Å²) in [6.45, 7) is 14.1. The number of allylic oxidation sites excluding steroid dienone is 1. The summed E-state index contributed by atoms with van der Waals surface area (Å²) >= 11 is -2.45. The van der Waals surface area contributed by atoms with Crippen LogP contribution in [-0.2, 0) is 9.47 Å². The molecule has 1 aromatic rings. The Balaban J connectivity index is 2.25. The van der Waals surface area contributed by atoms with Gasteiger partial charge in [-0.3, -0.25) is 0 Å². The maximum atomic E-state index is 6.10. The molecule has 1 aliphatic heterocycles. The van der Waals surface area contributed by atoms with Crippen LogP contribution in [0.25, 0.3) is 0 Å². The zero-order chi connectivity index (χ0) is 25.4. The van der Waals surface area contributed by atoms with E-state index >= 15 is 0 Å². The third-order valence-corrected chi connectivity index (χ3v) is 28.0. The van der Waals surface area contributed by atoms with Gasteiger partial charge in [-0.25, -0.2) is 0 Å². The van der Waals surface area contributed by atoms with Crippen molar-refractivity contribution in [1.82, 2.24) is 0 Å². The van der Waals surface area contributed by atoms with Gasteiger partial charge in [-0.1, -0.05) is 0 Å². The van der Waals surface area contributed by atoms with E-state index in [0.717, 1.165) is 19.6 Å². The molecule has 2 rings (SSSR count). The molecule has 0 saturated carbocycles. The molecule has 1 aliphatic rings. The second-order valence-electron chi connectivity index (χ2n) is 11.5. The van der Waals surface area contributed by atoms with Crippen LogP contribution >= 0.6 is 0 Å². The molecule has 0 bridgehead atoms. The molecule has 1 aromatic carbocycles. The van der Waals surface area contributed by atoms with Gasteiger partial charge >= 0.3 is 224 Å². The van der Waals surface area contributed by atoms with E-state index in [1.54, 1.807) is 18.5 Å². The second kappa shape index (κ2) is 17.4. The van der Waals surface area contributed by atoms with Crippen molar-refractivity contribution in [3.05, 3.63) is 39.6 Å². The number of benzene rings is 1. The Kier molecular flexibility index (Phi) is 15.5. The fraction of sp³-hybridized carbons (Fsp3) is 0.742. The first-order valence-corrected chi connectivity index (χ1v) is 25.5. The van der Waals surface area contributed by atoms with Gasteiger partial charge < -0.3 is 0 Å². The molecule has 1 saturated heterocycles. The normalized spacial score (nSPS) is 17.6. The molecule has 2 nitrogen and oxygen atoms in total. The van der Waals surface area contributed by atoms with Crippen LogP contribution in [0.2, 0.25) is 26.4 Å². The molecule has 0 amide bonds. The fourth-order valence-electron chi connectivity index (χ4n) is 5.75. The Hall–Kier alpha value is -0.104. The predicted molar refractivity (Wildman–Crippen MR) is 160 cm³/mol. The minimum absolute atomic E-state index is 0.0557. The SMILES string of the molecule is CCC[CH2][Sn]([CH2]CCC)([CH2]CCC)/[C](=C\[Si](C)(C)c1ccccc1)CCCCO[C@@H]1CCCCO1. The van der Waals surface area contributed by atoms with E-state index in [1.165, 1.54) is 70.6 Å². The monoisotopic (exact) mass is 608 g/mol. The van der Waals surface area contributed by atoms with E-state index < -0.39 is 26.5 Å². The quantitative estimate of drug-likeness (QED) is 0.122. The first-order valence-electron chi connectivity index (χ1n) is 15.0. The number of hydrogen-bond acceptors (Lipinski definition) is 2. The van der Waals surface area contributed by atoms with Crippen LogP contribution in [-0.4, -0.2) is 46.0 Å². The predicted octanol–water partition coefficient (Wildman–Crippen LogP) is 9.17. The topological polar surface area (TPSA) is 18.5 Å². The van der Waals surface area contributed by atoms with Crippen molar-refractivity contribution in [3.8, 4) is 0 Å². The summed E-state index contributed by atoms with van der Waals surface area (Å²) in [6.07, 6.45) is 15.7. The van der Waals surface area contributed by atoms with Crippen molar-refractivity contribution in [2.75, 3.05) is 13.2 Å². The number of ether oxygens (including phenoxy) is 2. The molecule has 0 N–H and O–H groups in total. The summed E-state index contributed by atoms with van der Waals surface area (Å²) in [6, 6.07) is 11.4. The van der Waals surface area contributed by atoms with Crippen molar-refractivity contribution in [2.45, 2.75) is 131 Å². The molecule has 0 spiro atoms. The van der Waals surface area contributed by atoms with Crippen LogP contribution in [0.15, 0.2) is 39.6 Å². The zero-order valence-corrected chi connectivity index (χ0v) is 27.7. The first kappa shape index (κ1) is 31.1. The maximum absolute atomic E-state index is 6.10. The van der Waals surface area contributed by atoms with E-state index in [9.17, 15) is 0 Å². The van der Waals surface area contributed by atoms with E-state index in [4.69, 9.17) is 9.47 Å². The number of hydrogen-bond donors (Lipinski definition) is 0. The molecule has 1 heterocycles. The van der Waals surface area contributed by atoms with Gasteiger partial charge in [-0.2, -0.15) is 0 Å². The Bertz CT molecular complexity index is 675. The summed E-state index contributed by atoms with van der Waals surface area (Å²) in [5.74, 6) is 0. The van der Waals surface area contributed by atoms with Crippen molar-refractivity contribution in [2.24, 2.45) is 0 Å². The van der Waals surface area contributed by atoms with E-state index in [0.29, 0.717) is 0 Å². The van der Waals surface area contributed by atoms with Gasteiger partial charge in [-0.05, 0) is 0 Å². The molecule has 0 aromatic heterocycles. The number of unbranched alkanes of at least 4 members (excludes halogenated alkanes) is 4. The van der Waals surface area contributed by atoms with Crippen molar-refractivity contribution >= 4 is 31.6 Å². The standard InChI is InChI=1S/C19H29O2Si.3C4H9.Sn/c1-22(2,18-12-6-5-7-13-18)17-11-4-3-9-15-20-19-14-8-10-16-21-19;3*1-3-4-2;/h5-7,12-13,17,19H,3-4,8-10,14-16H2,1-2H3;3*1,3-4H2,2H3;/t19-;;;;/m0..../s1. The minimum atomic E-state index is -2.45. The van der Waals surface area contributed by atoms with Gasteiger partial charge in [-0.15, -0.1) is 0 Å². The Morgan fingerprint density at radius 3 is 2.09 bits per heavy atom. The van der Waals surface area contributed by atoms with Gasteiger partial charge in [0.15, 0.2) is 0 Å². The summed E-state index contributed by atoms with van der Waals surface area (Å²) in [7, 11) is -1.63. The van der Waals surface area contributed by atoms with Crippen LogP contribution in [0.3, 0.4) is 0 Å². The zero-order valence-electron chi connectivity index (χ0n) is 23.9. The average molecular weight is 608 g/mol. The van der Waals surface area contributed by atoms with Crippen LogP contribution in [0.1, 0.15) is 97.8 Å². The van der Waals surface area contributed by atoms with Crippen LogP contribution in [0.4, 0.5) is 0 Å². The summed E-state index contributed by atoms with van der Waals surface area (Å²) in [5.41, 5.74) is 2.92. The van der Waals surface area contributed by atoms with Gasteiger partial charge in [0.2, 0.25) is 0 Å². The Morgan fingerprint density at radius 2 is 1.54 bits per heavy atom. The summed E-state index contributed by atoms with van der Waals surface area (Å²) < 4.78 is 18.6. The Labute approximate surface area is 223 Å². The van der Waals surface area contributed by atoms with Crippen molar-refractivity contribution in [1.29, 1.82) is 0 Å².